The van der Waals surface area contributed by atoms with Crippen molar-refractivity contribution in [3.63, 3.8) is 0 Å². The Morgan fingerprint density at radius 3 is 2.17 bits per heavy atom. The number of aliphatic hydroxyl groups is 1. The van der Waals surface area contributed by atoms with Crippen molar-refractivity contribution in [3.05, 3.63) is 78.9 Å². The van der Waals surface area contributed by atoms with Crippen LogP contribution in [-0.4, -0.2) is 77.8 Å². The standard InChI is InChI=1S/C38H48ClN3O6/c1-6-21-40(29-17-19-30(20-18-29)47-8-3)34(44)31-32-35(45)42(23-11-9-10-12-24-43)33(38(32)25-26(4)37(31,5)48-38)36(46)41(22-7-2)28-15-13-27(39)14-16-28/h6-7,13-20,26,31-33,43H,1-2,8-12,21-25H2,3-5H3/t26?,31-,32+,33?,37+,38?/m1/s1. The summed E-state index contributed by atoms with van der Waals surface area (Å²) in [5.41, 5.74) is -0.878. The van der Waals surface area contributed by atoms with E-state index in [9.17, 15) is 19.5 Å². The summed E-state index contributed by atoms with van der Waals surface area (Å²) < 4.78 is 12.6. The number of aliphatic hydroxyl groups excluding tert-OH is 1. The molecular formula is C38H48ClN3O6. The number of benzene rings is 2. The van der Waals surface area contributed by atoms with Gasteiger partial charge in [-0.25, -0.2) is 0 Å². The normalized spacial score (nSPS) is 27.1. The van der Waals surface area contributed by atoms with Gasteiger partial charge in [-0.15, -0.1) is 13.2 Å². The maximum absolute atomic E-state index is 14.9. The molecule has 10 heteroatoms. The second kappa shape index (κ2) is 14.8. The molecule has 3 aliphatic rings. The molecule has 5 rings (SSSR count). The lowest BCUT2D eigenvalue weighted by Crippen LogP contribution is -2.57. The number of carbonyl (C=O) groups excluding carboxylic acids is 3. The van der Waals surface area contributed by atoms with E-state index >= 15 is 0 Å². The lowest BCUT2D eigenvalue weighted by molar-refractivity contribution is -0.145. The molecule has 3 unspecified atom stereocenters. The Hall–Kier alpha value is -3.66. The molecule has 3 fully saturated rings. The van der Waals surface area contributed by atoms with Crippen LogP contribution in [0.1, 0.15) is 52.9 Å². The number of hydrogen-bond donors (Lipinski definition) is 1. The smallest absolute Gasteiger partial charge is 0.253 e. The number of hydrogen-bond acceptors (Lipinski definition) is 6. The fourth-order valence-electron chi connectivity index (χ4n) is 8.11. The Balaban J connectivity index is 1.57. The van der Waals surface area contributed by atoms with Gasteiger partial charge in [0.2, 0.25) is 11.8 Å². The molecule has 0 aromatic heterocycles. The molecule has 1 spiro atoms. The molecule has 6 atom stereocenters. The molecule has 2 bridgehead atoms. The summed E-state index contributed by atoms with van der Waals surface area (Å²) in [5, 5.41) is 9.83. The number of likely N-dealkylation sites (tertiary alicyclic amines) is 1. The van der Waals surface area contributed by atoms with Gasteiger partial charge >= 0.3 is 0 Å². The number of unbranched alkanes of at least 4 members (excludes halogenated alkanes) is 3. The van der Waals surface area contributed by atoms with Gasteiger partial charge in [0.15, 0.2) is 0 Å². The highest BCUT2D eigenvalue weighted by atomic mass is 35.5. The average Bonchev–Trinajstić information content (AvgIpc) is 3.59. The molecule has 0 saturated carbocycles. The summed E-state index contributed by atoms with van der Waals surface area (Å²) in [7, 11) is 0. The van der Waals surface area contributed by atoms with E-state index in [1.807, 2.05) is 45.0 Å². The van der Waals surface area contributed by atoms with Gasteiger partial charge in [0.25, 0.3) is 5.91 Å². The summed E-state index contributed by atoms with van der Waals surface area (Å²) >= 11 is 6.19. The quantitative estimate of drug-likeness (QED) is 0.172. The zero-order chi connectivity index (χ0) is 34.6. The van der Waals surface area contributed by atoms with E-state index in [1.54, 1.807) is 51.1 Å². The number of nitrogens with zero attached hydrogens (tertiary/aromatic N) is 3. The fraction of sp³-hybridized carbons (Fsp3) is 0.500. The van der Waals surface area contributed by atoms with Gasteiger partial charge in [-0.05, 0) is 87.6 Å². The van der Waals surface area contributed by atoms with Crippen LogP contribution in [0.25, 0.3) is 0 Å². The lowest BCUT2D eigenvalue weighted by Gasteiger charge is -2.39. The Morgan fingerprint density at radius 2 is 1.58 bits per heavy atom. The van der Waals surface area contributed by atoms with E-state index in [4.69, 9.17) is 21.1 Å². The van der Waals surface area contributed by atoms with Crippen LogP contribution < -0.4 is 14.5 Å². The van der Waals surface area contributed by atoms with Crippen LogP contribution in [0.15, 0.2) is 73.8 Å². The molecule has 48 heavy (non-hydrogen) atoms. The SMILES string of the molecule is C=CCN(C(=O)C1N(CCCCCCO)C(=O)[C@@H]2[C@H](C(=O)N(CC=C)c3ccc(OCC)cc3)[C@@]3(C)OC12CC3C)c1ccc(Cl)cc1. The minimum atomic E-state index is -1.20. The van der Waals surface area contributed by atoms with Crippen molar-refractivity contribution in [1.29, 1.82) is 0 Å². The zero-order valence-electron chi connectivity index (χ0n) is 28.3. The van der Waals surface area contributed by atoms with E-state index in [-0.39, 0.29) is 43.3 Å². The molecule has 2 aromatic carbocycles. The van der Waals surface area contributed by atoms with Crippen LogP contribution in [0.5, 0.6) is 5.75 Å². The molecule has 258 valence electrons. The van der Waals surface area contributed by atoms with E-state index < -0.39 is 29.1 Å². The summed E-state index contributed by atoms with van der Waals surface area (Å²) in [5.74, 6) is -1.81. The van der Waals surface area contributed by atoms with Gasteiger partial charge in [-0.3, -0.25) is 14.4 Å². The van der Waals surface area contributed by atoms with Crippen LogP contribution in [0.4, 0.5) is 11.4 Å². The van der Waals surface area contributed by atoms with E-state index in [1.165, 1.54) is 0 Å². The third-order valence-corrected chi connectivity index (χ3v) is 10.6. The van der Waals surface area contributed by atoms with E-state index in [2.05, 4.69) is 13.2 Å². The third-order valence-electron chi connectivity index (χ3n) is 10.4. The number of halogens is 1. The highest BCUT2D eigenvalue weighted by molar-refractivity contribution is 6.30. The highest BCUT2D eigenvalue weighted by Gasteiger charge is 2.80. The number of ether oxygens (including phenoxy) is 2. The first-order valence-electron chi connectivity index (χ1n) is 17.0. The first-order chi connectivity index (χ1) is 23.1. The summed E-state index contributed by atoms with van der Waals surface area (Å²) in [6.07, 6.45) is 6.72. The first kappa shape index (κ1) is 35.6. The van der Waals surface area contributed by atoms with Crippen LogP contribution in [0.3, 0.4) is 0 Å². The monoisotopic (exact) mass is 677 g/mol. The molecule has 3 saturated heterocycles. The zero-order valence-corrected chi connectivity index (χ0v) is 29.0. The topological polar surface area (TPSA) is 99.6 Å². The second-order valence-corrected chi connectivity index (χ2v) is 13.7. The Kier molecular flexibility index (Phi) is 11.0. The molecular weight excluding hydrogens is 630 g/mol. The van der Waals surface area contributed by atoms with Gasteiger partial charge in [0.1, 0.15) is 17.4 Å². The van der Waals surface area contributed by atoms with Crippen LogP contribution in [-0.2, 0) is 19.1 Å². The minimum Gasteiger partial charge on any atom is -0.494 e. The molecule has 9 nitrogen and oxygen atoms in total. The highest BCUT2D eigenvalue weighted by Crippen LogP contribution is 2.65. The lowest BCUT2D eigenvalue weighted by atomic mass is 9.62. The van der Waals surface area contributed by atoms with Crippen LogP contribution >= 0.6 is 11.6 Å². The van der Waals surface area contributed by atoms with Gasteiger partial charge in [-0.1, -0.05) is 43.5 Å². The Morgan fingerprint density at radius 1 is 1.00 bits per heavy atom. The predicted octanol–water partition coefficient (Wildman–Crippen LogP) is 6.04. The minimum absolute atomic E-state index is 0.107. The van der Waals surface area contributed by atoms with Gasteiger partial charge in [0, 0.05) is 42.6 Å². The number of anilines is 2. The summed E-state index contributed by atoms with van der Waals surface area (Å²) in [6, 6.07) is 13.4. The number of carbonyl (C=O) groups is 3. The predicted molar refractivity (Wildman–Crippen MR) is 188 cm³/mol. The maximum Gasteiger partial charge on any atom is 0.253 e. The molecule has 2 aromatic rings. The number of amides is 3. The Bertz CT molecular complexity index is 1500. The van der Waals surface area contributed by atoms with Crippen molar-refractivity contribution in [1.82, 2.24) is 4.90 Å². The van der Waals surface area contributed by atoms with Crippen molar-refractivity contribution in [2.45, 2.75) is 70.1 Å². The van der Waals surface area contributed by atoms with Crippen molar-refractivity contribution in [3.8, 4) is 5.75 Å². The maximum atomic E-state index is 14.9. The van der Waals surface area contributed by atoms with Crippen LogP contribution in [0.2, 0.25) is 5.02 Å². The molecule has 0 aliphatic carbocycles. The fourth-order valence-corrected chi connectivity index (χ4v) is 8.24. The largest absolute Gasteiger partial charge is 0.494 e. The molecule has 3 aliphatic heterocycles. The van der Waals surface area contributed by atoms with Crippen molar-refractivity contribution < 1.29 is 29.0 Å². The van der Waals surface area contributed by atoms with E-state index in [0.29, 0.717) is 54.6 Å². The van der Waals surface area contributed by atoms with Gasteiger partial charge in [0.05, 0.1) is 24.0 Å². The number of rotatable bonds is 16. The van der Waals surface area contributed by atoms with Gasteiger partial charge < -0.3 is 29.3 Å². The molecule has 3 heterocycles. The summed E-state index contributed by atoms with van der Waals surface area (Å²) in [4.78, 5) is 49.4. The van der Waals surface area contributed by atoms with Crippen molar-refractivity contribution in [2.75, 3.05) is 42.6 Å². The average molecular weight is 678 g/mol. The second-order valence-electron chi connectivity index (χ2n) is 13.3. The Labute approximate surface area is 289 Å². The van der Waals surface area contributed by atoms with Crippen molar-refractivity contribution in [2.24, 2.45) is 17.8 Å². The molecule has 0 radical (unpaired) electrons. The van der Waals surface area contributed by atoms with Crippen LogP contribution in [0, 0.1) is 17.8 Å². The summed E-state index contributed by atoms with van der Waals surface area (Å²) in [6.45, 7) is 15.1. The number of fused-ring (bicyclic) bond motifs is 1. The van der Waals surface area contributed by atoms with Gasteiger partial charge in [-0.2, -0.15) is 0 Å². The molecule has 3 amide bonds. The van der Waals surface area contributed by atoms with Crippen molar-refractivity contribution >= 4 is 40.7 Å². The molecule has 1 N–H and O–H groups in total. The third kappa shape index (κ3) is 6.28. The first-order valence-corrected chi connectivity index (χ1v) is 17.4. The van der Waals surface area contributed by atoms with E-state index in [0.717, 1.165) is 12.8 Å².